The van der Waals surface area contributed by atoms with E-state index >= 15 is 0 Å². The smallest absolute Gasteiger partial charge is 0.291 e. The van der Waals surface area contributed by atoms with Gasteiger partial charge in [-0.05, 0) is 68.5 Å². The van der Waals surface area contributed by atoms with E-state index in [2.05, 4.69) is 10.1 Å². The van der Waals surface area contributed by atoms with Gasteiger partial charge in [0.15, 0.2) is 23.4 Å². The highest BCUT2D eigenvalue weighted by Crippen LogP contribution is 2.35. The molecule has 1 atom stereocenters. The van der Waals surface area contributed by atoms with Gasteiger partial charge in [-0.2, -0.15) is 14.6 Å². The van der Waals surface area contributed by atoms with Gasteiger partial charge >= 0.3 is 0 Å². The average molecular weight is 564 g/mol. The third kappa shape index (κ3) is 4.82. The van der Waals surface area contributed by atoms with Crippen molar-refractivity contribution in [2.75, 3.05) is 6.61 Å². The van der Waals surface area contributed by atoms with E-state index in [0.717, 1.165) is 28.3 Å². The summed E-state index contributed by atoms with van der Waals surface area (Å²) in [7, 11) is 0. The van der Waals surface area contributed by atoms with Crippen LogP contribution >= 0.6 is 11.3 Å². The molecule has 0 fully saturated rings. The SMILES string of the molecule is CC(C)Oc1ccc(-c2nn(-c3ccccc3)cc2/C=c2\sc3nc(C4COc5ccccc5O4)nn3c2=O)cc1. The van der Waals surface area contributed by atoms with Gasteiger partial charge in [0, 0.05) is 17.3 Å². The first-order valence-electron chi connectivity index (χ1n) is 13.2. The molecule has 0 bridgehead atoms. The van der Waals surface area contributed by atoms with Crippen molar-refractivity contribution >= 4 is 22.4 Å². The number of benzene rings is 3. The van der Waals surface area contributed by atoms with Crippen LogP contribution in [0.1, 0.15) is 31.3 Å². The van der Waals surface area contributed by atoms with Crippen molar-refractivity contribution in [1.82, 2.24) is 24.4 Å². The van der Waals surface area contributed by atoms with Crippen molar-refractivity contribution in [2.24, 2.45) is 0 Å². The summed E-state index contributed by atoms with van der Waals surface area (Å²) >= 11 is 1.28. The van der Waals surface area contributed by atoms with E-state index in [9.17, 15) is 4.79 Å². The molecule has 1 aliphatic rings. The van der Waals surface area contributed by atoms with Gasteiger partial charge in [0.05, 0.1) is 16.3 Å². The number of hydrogen-bond donors (Lipinski definition) is 0. The van der Waals surface area contributed by atoms with Crippen LogP contribution in [0.3, 0.4) is 0 Å². The Bertz CT molecular complexity index is 1960. The van der Waals surface area contributed by atoms with Crippen LogP contribution in [0.2, 0.25) is 0 Å². The molecule has 7 rings (SSSR count). The van der Waals surface area contributed by atoms with Gasteiger partial charge in [-0.25, -0.2) is 4.68 Å². The van der Waals surface area contributed by atoms with Gasteiger partial charge < -0.3 is 14.2 Å². The van der Waals surface area contributed by atoms with E-state index in [0.29, 0.717) is 26.8 Å². The topological polar surface area (TPSA) is 92.8 Å². The molecule has 4 heterocycles. The number of fused-ring (bicyclic) bond motifs is 2. The largest absolute Gasteiger partial charge is 0.491 e. The summed E-state index contributed by atoms with van der Waals surface area (Å²) in [6.45, 7) is 4.26. The predicted octanol–water partition coefficient (Wildman–Crippen LogP) is 4.85. The molecule has 0 aliphatic carbocycles. The van der Waals surface area contributed by atoms with Gasteiger partial charge in [0.1, 0.15) is 18.1 Å². The number of aromatic nitrogens is 5. The molecule has 0 amide bonds. The van der Waals surface area contributed by atoms with Gasteiger partial charge in [-0.15, -0.1) is 5.10 Å². The number of nitrogens with zero attached hydrogens (tertiary/aromatic N) is 5. The quantitative estimate of drug-likeness (QED) is 0.286. The van der Waals surface area contributed by atoms with Gasteiger partial charge in [-0.3, -0.25) is 4.79 Å². The summed E-state index contributed by atoms with van der Waals surface area (Å²) in [5.41, 5.74) is 3.12. The second-order valence-electron chi connectivity index (χ2n) is 9.85. The number of hydrogen-bond acceptors (Lipinski definition) is 8. The molecule has 6 aromatic rings. The van der Waals surface area contributed by atoms with Gasteiger partial charge in [0.2, 0.25) is 4.96 Å². The van der Waals surface area contributed by atoms with Crippen LogP contribution in [0.4, 0.5) is 0 Å². The second kappa shape index (κ2) is 10.2. The lowest BCUT2D eigenvalue weighted by Crippen LogP contribution is -2.26. The summed E-state index contributed by atoms with van der Waals surface area (Å²) < 4.78 is 21.3. The summed E-state index contributed by atoms with van der Waals surface area (Å²) in [5, 5.41) is 9.36. The third-order valence-electron chi connectivity index (χ3n) is 6.54. The molecule has 0 radical (unpaired) electrons. The number of ether oxygens (including phenoxy) is 3. The molecular weight excluding hydrogens is 538 g/mol. The minimum Gasteiger partial charge on any atom is -0.491 e. The molecule has 0 saturated heterocycles. The van der Waals surface area contributed by atoms with E-state index in [4.69, 9.17) is 19.3 Å². The van der Waals surface area contributed by atoms with Gasteiger partial charge in [-0.1, -0.05) is 41.7 Å². The van der Waals surface area contributed by atoms with Crippen LogP contribution < -0.4 is 24.3 Å². The monoisotopic (exact) mass is 563 g/mol. The molecule has 41 heavy (non-hydrogen) atoms. The van der Waals surface area contributed by atoms with E-state index in [-0.39, 0.29) is 18.3 Å². The fourth-order valence-corrected chi connectivity index (χ4v) is 5.57. The fraction of sp³-hybridized carbons (Fsp3) is 0.161. The zero-order valence-corrected chi connectivity index (χ0v) is 23.1. The van der Waals surface area contributed by atoms with Crippen molar-refractivity contribution in [1.29, 1.82) is 0 Å². The van der Waals surface area contributed by atoms with Crippen LogP contribution in [-0.2, 0) is 0 Å². The summed E-state index contributed by atoms with van der Waals surface area (Å²) in [5.74, 6) is 2.51. The van der Waals surface area contributed by atoms with E-state index in [1.807, 2.05) is 110 Å². The number of thiazole rings is 1. The first-order chi connectivity index (χ1) is 20.0. The van der Waals surface area contributed by atoms with Crippen molar-refractivity contribution in [3.05, 3.63) is 111 Å². The average Bonchev–Trinajstić information content (AvgIpc) is 3.68. The first kappa shape index (κ1) is 25.0. The summed E-state index contributed by atoms with van der Waals surface area (Å²) in [6, 6.07) is 25.1. The highest BCUT2D eigenvalue weighted by Gasteiger charge is 2.27. The Labute approximate surface area is 238 Å². The molecule has 10 heteroatoms. The van der Waals surface area contributed by atoms with Crippen LogP contribution in [0, 0.1) is 0 Å². The van der Waals surface area contributed by atoms with Crippen LogP contribution in [-0.4, -0.2) is 37.1 Å². The van der Waals surface area contributed by atoms with Crippen molar-refractivity contribution in [3.63, 3.8) is 0 Å². The van der Waals surface area contributed by atoms with E-state index < -0.39 is 6.10 Å². The maximum Gasteiger partial charge on any atom is 0.291 e. The lowest BCUT2D eigenvalue weighted by Gasteiger charge is -2.24. The minimum absolute atomic E-state index is 0.0809. The third-order valence-corrected chi connectivity index (χ3v) is 7.50. The standard InChI is InChI=1S/C31H25N5O4S/c1-19(2)39-23-14-12-20(13-15-23)28-21(17-35(33-28)22-8-4-3-5-9-22)16-27-30(37)36-31(41-27)32-29(34-36)26-18-38-24-10-6-7-11-25(24)40-26/h3-17,19,26H,18H2,1-2H3/b27-16-. The molecule has 0 N–H and O–H groups in total. The highest BCUT2D eigenvalue weighted by molar-refractivity contribution is 7.15. The Morgan fingerprint density at radius 2 is 1.73 bits per heavy atom. The Balaban J connectivity index is 1.26. The zero-order valence-electron chi connectivity index (χ0n) is 22.3. The maximum absolute atomic E-state index is 13.4. The molecule has 1 unspecified atom stereocenters. The van der Waals surface area contributed by atoms with Crippen LogP contribution in [0.25, 0.3) is 28.0 Å². The lowest BCUT2D eigenvalue weighted by molar-refractivity contribution is 0.0852. The van der Waals surface area contributed by atoms with Crippen molar-refractivity contribution < 1.29 is 14.2 Å². The summed E-state index contributed by atoms with van der Waals surface area (Å²) in [4.78, 5) is 18.5. The lowest BCUT2D eigenvalue weighted by atomic mass is 10.1. The Morgan fingerprint density at radius 3 is 2.49 bits per heavy atom. The summed E-state index contributed by atoms with van der Waals surface area (Å²) in [6.07, 6.45) is 3.36. The Hall–Kier alpha value is -4.96. The van der Waals surface area contributed by atoms with Crippen LogP contribution in [0.15, 0.2) is 89.9 Å². The predicted molar refractivity (Wildman–Crippen MR) is 156 cm³/mol. The Morgan fingerprint density at radius 1 is 0.976 bits per heavy atom. The molecular formula is C31H25N5O4S. The number of para-hydroxylation sites is 3. The second-order valence-corrected chi connectivity index (χ2v) is 10.9. The van der Waals surface area contributed by atoms with Gasteiger partial charge in [0.25, 0.3) is 5.56 Å². The molecule has 1 aliphatic heterocycles. The minimum atomic E-state index is -0.498. The molecule has 3 aromatic heterocycles. The van der Waals surface area contributed by atoms with Crippen molar-refractivity contribution in [3.8, 4) is 34.2 Å². The molecule has 0 saturated carbocycles. The highest BCUT2D eigenvalue weighted by atomic mass is 32.1. The zero-order chi connectivity index (χ0) is 27.9. The fourth-order valence-electron chi connectivity index (χ4n) is 4.67. The molecule has 204 valence electrons. The first-order valence-corrected chi connectivity index (χ1v) is 14.1. The maximum atomic E-state index is 13.4. The number of rotatable bonds is 6. The molecule has 0 spiro atoms. The Kier molecular flexibility index (Phi) is 6.24. The molecule has 9 nitrogen and oxygen atoms in total. The van der Waals surface area contributed by atoms with E-state index in [1.54, 1.807) is 0 Å². The molecule has 3 aromatic carbocycles. The van der Waals surface area contributed by atoms with E-state index in [1.165, 1.54) is 15.9 Å². The van der Waals surface area contributed by atoms with Crippen LogP contribution in [0.5, 0.6) is 17.2 Å². The normalized spacial score (nSPS) is 15.1. The van der Waals surface area contributed by atoms with Crippen molar-refractivity contribution in [2.45, 2.75) is 26.1 Å².